The number of rotatable bonds is 6. The number of amides is 1. The van der Waals surface area contributed by atoms with Gasteiger partial charge in [-0.15, -0.1) is 0 Å². The molecule has 0 aliphatic rings. The number of carbonyl (C=O) groups is 1. The number of aryl methyl sites for hydroxylation is 2. The van der Waals surface area contributed by atoms with Crippen LogP contribution in [0.3, 0.4) is 0 Å². The number of hydrogen-bond acceptors (Lipinski definition) is 4. The lowest BCUT2D eigenvalue weighted by Crippen LogP contribution is -2.28. The van der Waals surface area contributed by atoms with Gasteiger partial charge in [0.15, 0.2) is 5.65 Å². The zero-order valence-electron chi connectivity index (χ0n) is 19.6. The summed E-state index contributed by atoms with van der Waals surface area (Å²) in [5.41, 5.74) is 6.08. The normalized spacial score (nSPS) is 11.0. The first kappa shape index (κ1) is 22.3. The lowest BCUT2D eigenvalue weighted by molar-refractivity contribution is -0.116. The number of anilines is 1. The van der Waals surface area contributed by atoms with E-state index in [1.807, 2.05) is 68.4 Å². The third-order valence-corrected chi connectivity index (χ3v) is 5.85. The van der Waals surface area contributed by atoms with Crippen molar-refractivity contribution in [2.45, 2.75) is 26.8 Å². The Kier molecular flexibility index (Phi) is 5.97. The van der Waals surface area contributed by atoms with Crippen molar-refractivity contribution in [1.29, 1.82) is 0 Å². The van der Waals surface area contributed by atoms with Crippen molar-refractivity contribution in [3.05, 3.63) is 118 Å². The van der Waals surface area contributed by atoms with Crippen LogP contribution in [0.25, 0.3) is 16.7 Å². The molecule has 0 saturated carbocycles. The highest BCUT2D eigenvalue weighted by molar-refractivity contribution is 5.91. The van der Waals surface area contributed by atoms with Gasteiger partial charge in [-0.3, -0.25) is 14.2 Å². The SMILES string of the molecule is Cc1cc(C)cc(-n2ncc3c(=O)n(CC(=O)Nc4ccccc4Cc4ccccc4)cnc32)c1. The van der Waals surface area contributed by atoms with E-state index in [-0.39, 0.29) is 18.0 Å². The molecule has 0 bridgehead atoms. The van der Waals surface area contributed by atoms with Gasteiger partial charge in [-0.1, -0.05) is 54.6 Å². The molecule has 3 aromatic carbocycles. The fourth-order valence-corrected chi connectivity index (χ4v) is 4.28. The molecule has 0 aliphatic carbocycles. The van der Waals surface area contributed by atoms with Crippen molar-refractivity contribution in [1.82, 2.24) is 19.3 Å². The first-order valence-electron chi connectivity index (χ1n) is 11.4. The molecule has 1 amide bonds. The van der Waals surface area contributed by atoms with Crippen molar-refractivity contribution in [2.75, 3.05) is 5.32 Å². The second-order valence-corrected chi connectivity index (χ2v) is 8.68. The number of nitrogens with zero attached hydrogens (tertiary/aromatic N) is 4. The molecule has 0 aliphatic heterocycles. The van der Waals surface area contributed by atoms with Crippen molar-refractivity contribution < 1.29 is 4.79 Å². The number of para-hydroxylation sites is 1. The number of benzene rings is 3. The average Bonchev–Trinajstić information content (AvgIpc) is 3.27. The molecule has 0 atom stereocenters. The molecule has 2 heterocycles. The van der Waals surface area contributed by atoms with Crippen molar-refractivity contribution >= 4 is 22.6 Å². The Morgan fingerprint density at radius 1 is 0.943 bits per heavy atom. The maximum absolute atomic E-state index is 13.1. The number of aromatic nitrogens is 4. The molecule has 7 heteroatoms. The molecule has 7 nitrogen and oxygen atoms in total. The number of carbonyl (C=O) groups excluding carboxylic acids is 1. The van der Waals surface area contributed by atoms with Gasteiger partial charge in [-0.25, -0.2) is 9.67 Å². The van der Waals surface area contributed by atoms with E-state index in [1.165, 1.54) is 17.1 Å². The van der Waals surface area contributed by atoms with Crippen LogP contribution in [0.1, 0.15) is 22.3 Å². The number of nitrogens with one attached hydrogen (secondary N) is 1. The summed E-state index contributed by atoms with van der Waals surface area (Å²) in [6.07, 6.45) is 3.61. The largest absolute Gasteiger partial charge is 0.324 e. The monoisotopic (exact) mass is 463 g/mol. The summed E-state index contributed by atoms with van der Waals surface area (Å²) in [4.78, 5) is 30.4. The minimum atomic E-state index is -0.307. The van der Waals surface area contributed by atoms with Gasteiger partial charge < -0.3 is 5.32 Å². The van der Waals surface area contributed by atoms with Crippen LogP contribution in [-0.2, 0) is 17.8 Å². The highest BCUT2D eigenvalue weighted by Crippen LogP contribution is 2.20. The second-order valence-electron chi connectivity index (χ2n) is 8.68. The Labute approximate surface area is 202 Å². The van der Waals surface area contributed by atoms with E-state index in [1.54, 1.807) is 4.68 Å². The molecule has 174 valence electrons. The lowest BCUT2D eigenvalue weighted by atomic mass is 10.0. The van der Waals surface area contributed by atoms with Crippen molar-refractivity contribution in [2.24, 2.45) is 0 Å². The fraction of sp³-hybridized carbons (Fsp3) is 0.143. The predicted octanol–water partition coefficient (Wildman–Crippen LogP) is 4.43. The summed E-state index contributed by atoms with van der Waals surface area (Å²) in [5, 5.41) is 7.70. The van der Waals surface area contributed by atoms with E-state index in [0.717, 1.165) is 33.6 Å². The highest BCUT2D eigenvalue weighted by atomic mass is 16.2. The molecule has 0 radical (unpaired) electrons. The van der Waals surface area contributed by atoms with Gasteiger partial charge in [-0.05, 0) is 60.7 Å². The Balaban J connectivity index is 1.38. The van der Waals surface area contributed by atoms with Gasteiger partial charge in [-0.2, -0.15) is 5.10 Å². The maximum Gasteiger partial charge on any atom is 0.264 e. The molecular formula is C28H25N5O2. The molecule has 1 N–H and O–H groups in total. The second kappa shape index (κ2) is 9.38. The van der Waals surface area contributed by atoms with Gasteiger partial charge in [0.2, 0.25) is 5.91 Å². The van der Waals surface area contributed by atoms with E-state index in [0.29, 0.717) is 17.5 Å². The lowest BCUT2D eigenvalue weighted by Gasteiger charge is -2.12. The third-order valence-electron chi connectivity index (χ3n) is 5.85. The third kappa shape index (κ3) is 4.75. The standard InChI is InChI=1S/C28H25N5O2/c1-19-12-20(2)14-23(13-19)33-27-24(16-30-33)28(35)32(18-29-27)17-26(34)31-25-11-7-6-10-22(25)15-21-8-4-3-5-9-21/h3-14,16,18H,15,17H2,1-2H3,(H,31,34). The molecular weight excluding hydrogens is 438 g/mol. The maximum atomic E-state index is 13.1. The first-order chi connectivity index (χ1) is 17.0. The molecule has 0 unspecified atom stereocenters. The molecule has 2 aromatic heterocycles. The average molecular weight is 464 g/mol. The summed E-state index contributed by atoms with van der Waals surface area (Å²) in [5.74, 6) is -0.296. The van der Waals surface area contributed by atoms with E-state index in [9.17, 15) is 9.59 Å². The smallest absolute Gasteiger partial charge is 0.264 e. The molecule has 5 aromatic rings. The van der Waals surface area contributed by atoms with Crippen LogP contribution in [0.5, 0.6) is 0 Å². The van der Waals surface area contributed by atoms with Crippen LogP contribution in [0.2, 0.25) is 0 Å². The Morgan fingerprint density at radius 3 is 2.43 bits per heavy atom. The minimum absolute atomic E-state index is 0.143. The minimum Gasteiger partial charge on any atom is -0.324 e. The number of fused-ring (bicyclic) bond motifs is 1. The van der Waals surface area contributed by atoms with Crippen LogP contribution in [-0.4, -0.2) is 25.2 Å². The van der Waals surface area contributed by atoms with Crippen LogP contribution in [0, 0.1) is 13.8 Å². The summed E-state index contributed by atoms with van der Waals surface area (Å²) in [6, 6.07) is 23.8. The van der Waals surface area contributed by atoms with Gasteiger partial charge in [0.1, 0.15) is 18.3 Å². The topological polar surface area (TPSA) is 81.8 Å². The van der Waals surface area contributed by atoms with Gasteiger partial charge in [0.05, 0.1) is 11.9 Å². The van der Waals surface area contributed by atoms with E-state index in [4.69, 9.17) is 0 Å². The van der Waals surface area contributed by atoms with E-state index < -0.39 is 0 Å². The Hall–Kier alpha value is -4.52. The Bertz CT molecular complexity index is 1560. The predicted molar refractivity (Wildman–Crippen MR) is 137 cm³/mol. The van der Waals surface area contributed by atoms with E-state index >= 15 is 0 Å². The molecule has 0 spiro atoms. The van der Waals surface area contributed by atoms with E-state index in [2.05, 4.69) is 33.6 Å². The zero-order valence-corrected chi connectivity index (χ0v) is 19.6. The zero-order chi connectivity index (χ0) is 24.4. The summed E-state index contributed by atoms with van der Waals surface area (Å²) < 4.78 is 2.96. The van der Waals surface area contributed by atoms with Gasteiger partial charge in [0, 0.05) is 5.69 Å². The Morgan fingerprint density at radius 2 is 1.66 bits per heavy atom. The summed E-state index contributed by atoms with van der Waals surface area (Å²) >= 11 is 0. The number of hydrogen-bond donors (Lipinski definition) is 1. The van der Waals surface area contributed by atoms with Crippen LogP contribution >= 0.6 is 0 Å². The fourth-order valence-electron chi connectivity index (χ4n) is 4.28. The van der Waals surface area contributed by atoms with Crippen LogP contribution < -0.4 is 10.9 Å². The molecule has 5 rings (SSSR count). The van der Waals surface area contributed by atoms with Crippen molar-refractivity contribution in [3.63, 3.8) is 0 Å². The molecule has 0 fully saturated rings. The van der Waals surface area contributed by atoms with Gasteiger partial charge >= 0.3 is 0 Å². The first-order valence-corrected chi connectivity index (χ1v) is 11.4. The quantitative estimate of drug-likeness (QED) is 0.404. The summed E-state index contributed by atoms with van der Waals surface area (Å²) in [7, 11) is 0. The summed E-state index contributed by atoms with van der Waals surface area (Å²) in [6.45, 7) is 3.88. The molecule has 35 heavy (non-hydrogen) atoms. The molecule has 0 saturated heterocycles. The van der Waals surface area contributed by atoms with Crippen molar-refractivity contribution in [3.8, 4) is 5.69 Å². The van der Waals surface area contributed by atoms with Gasteiger partial charge in [0.25, 0.3) is 5.56 Å². The highest BCUT2D eigenvalue weighted by Gasteiger charge is 2.14. The van der Waals surface area contributed by atoms with Crippen LogP contribution in [0.15, 0.2) is 90.1 Å². The van der Waals surface area contributed by atoms with Crippen LogP contribution in [0.4, 0.5) is 5.69 Å².